The van der Waals surface area contributed by atoms with E-state index in [9.17, 15) is 9.90 Å². The third kappa shape index (κ3) is 5.63. The fraction of sp³-hybridized carbons (Fsp3) is 0.667. The Morgan fingerprint density at radius 1 is 1.64 bits per heavy atom. The lowest BCUT2D eigenvalue weighted by Gasteiger charge is -2.18. The molecular weight excluding hydrogens is 140 g/mol. The lowest BCUT2D eigenvalue weighted by Crippen LogP contribution is -2.23. The molecular formula is C9H14O2. The molecule has 0 heterocycles. The molecule has 1 atom stereocenters. The van der Waals surface area contributed by atoms with Crippen molar-refractivity contribution in [2.24, 2.45) is 0 Å². The summed E-state index contributed by atoms with van der Waals surface area (Å²) in [6, 6.07) is 0. The number of rotatable bonds is 4. The summed E-state index contributed by atoms with van der Waals surface area (Å²) in [5, 5.41) is 9.44. The van der Waals surface area contributed by atoms with Crippen LogP contribution < -0.4 is 0 Å². The normalized spacial score (nSPS) is 14.5. The van der Waals surface area contributed by atoms with E-state index < -0.39 is 5.60 Å². The van der Waals surface area contributed by atoms with Crippen molar-refractivity contribution in [1.29, 1.82) is 0 Å². The average Bonchev–Trinajstić information content (AvgIpc) is 1.87. The van der Waals surface area contributed by atoms with Crippen LogP contribution in [0.15, 0.2) is 0 Å². The van der Waals surface area contributed by atoms with Crippen molar-refractivity contribution in [2.75, 3.05) is 0 Å². The van der Waals surface area contributed by atoms with Gasteiger partial charge in [-0.1, -0.05) is 0 Å². The summed E-state index contributed by atoms with van der Waals surface area (Å²) in [4.78, 5) is 10.1. The fourth-order valence-corrected chi connectivity index (χ4v) is 0.738. The van der Waals surface area contributed by atoms with Crippen LogP contribution in [0.5, 0.6) is 0 Å². The number of carbonyl (C=O) groups excluding carboxylic acids is 1. The zero-order valence-electron chi connectivity index (χ0n) is 7.05. The summed E-state index contributed by atoms with van der Waals surface area (Å²) in [6.45, 7) is 3.41. The first-order valence-corrected chi connectivity index (χ1v) is 3.68. The molecule has 2 nitrogen and oxygen atoms in total. The van der Waals surface area contributed by atoms with Gasteiger partial charge in [-0.2, -0.15) is 0 Å². The van der Waals surface area contributed by atoms with Gasteiger partial charge in [0.15, 0.2) is 0 Å². The quantitative estimate of drug-likeness (QED) is 0.487. The summed E-state index contributed by atoms with van der Waals surface area (Å²) in [7, 11) is 0. The molecule has 11 heavy (non-hydrogen) atoms. The van der Waals surface area contributed by atoms with Gasteiger partial charge in [0.1, 0.15) is 6.29 Å². The molecule has 0 aromatic rings. The minimum absolute atomic E-state index is 0.193. The molecule has 1 unspecified atom stereocenters. The summed E-state index contributed by atoms with van der Waals surface area (Å²) < 4.78 is 0. The predicted molar refractivity (Wildman–Crippen MR) is 44.0 cm³/mol. The van der Waals surface area contributed by atoms with Crippen molar-refractivity contribution in [1.82, 2.24) is 0 Å². The van der Waals surface area contributed by atoms with Crippen molar-refractivity contribution >= 4 is 6.29 Å². The minimum atomic E-state index is -0.869. The topological polar surface area (TPSA) is 37.3 Å². The number of carbonyl (C=O) groups is 1. The van der Waals surface area contributed by atoms with Crippen LogP contribution in [0, 0.1) is 11.8 Å². The second-order valence-electron chi connectivity index (χ2n) is 2.79. The van der Waals surface area contributed by atoms with Gasteiger partial charge in [-0.15, -0.1) is 11.8 Å². The van der Waals surface area contributed by atoms with E-state index >= 15 is 0 Å². The van der Waals surface area contributed by atoms with Gasteiger partial charge < -0.3 is 9.90 Å². The van der Waals surface area contributed by atoms with Crippen LogP contribution in [-0.2, 0) is 4.79 Å². The van der Waals surface area contributed by atoms with E-state index in [1.54, 1.807) is 13.8 Å². The third-order valence-electron chi connectivity index (χ3n) is 1.49. The van der Waals surface area contributed by atoms with Gasteiger partial charge in [-0.3, -0.25) is 0 Å². The molecule has 0 bridgehead atoms. The third-order valence-corrected chi connectivity index (χ3v) is 1.49. The maximum atomic E-state index is 10.1. The summed E-state index contributed by atoms with van der Waals surface area (Å²) in [5.74, 6) is 5.57. The van der Waals surface area contributed by atoms with Crippen LogP contribution in [0.2, 0.25) is 0 Å². The Bertz CT molecular complexity index is 172. The molecule has 0 rings (SSSR count). The second kappa shape index (κ2) is 4.92. The van der Waals surface area contributed by atoms with E-state index in [-0.39, 0.29) is 6.42 Å². The maximum absolute atomic E-state index is 10.1. The first-order valence-electron chi connectivity index (χ1n) is 3.68. The van der Waals surface area contributed by atoms with Gasteiger partial charge in [0, 0.05) is 12.8 Å². The summed E-state index contributed by atoms with van der Waals surface area (Å²) >= 11 is 0. The minimum Gasteiger partial charge on any atom is -0.390 e. The molecule has 0 aliphatic heterocycles. The Kier molecular flexibility index (Phi) is 4.56. The highest BCUT2D eigenvalue weighted by Crippen LogP contribution is 2.14. The molecule has 0 radical (unpaired) electrons. The highest BCUT2D eigenvalue weighted by Gasteiger charge is 2.17. The van der Waals surface area contributed by atoms with Crippen molar-refractivity contribution in [3.05, 3.63) is 0 Å². The molecule has 0 fully saturated rings. The van der Waals surface area contributed by atoms with Gasteiger partial charge in [0.05, 0.1) is 5.60 Å². The van der Waals surface area contributed by atoms with E-state index in [1.807, 2.05) is 0 Å². The molecule has 0 amide bonds. The first kappa shape index (κ1) is 10.2. The Labute approximate surface area is 67.6 Å². The molecule has 0 spiro atoms. The van der Waals surface area contributed by atoms with E-state index in [1.165, 1.54) is 0 Å². The van der Waals surface area contributed by atoms with E-state index in [0.717, 1.165) is 6.29 Å². The Hall–Kier alpha value is -0.810. The lowest BCUT2D eigenvalue weighted by molar-refractivity contribution is -0.111. The summed E-state index contributed by atoms with van der Waals surface area (Å²) in [6.07, 6.45) is 2.14. The zero-order chi connectivity index (χ0) is 8.74. The van der Waals surface area contributed by atoms with Crippen LogP contribution in [0.3, 0.4) is 0 Å². The fourth-order valence-electron chi connectivity index (χ4n) is 0.738. The monoisotopic (exact) mass is 154 g/mol. The van der Waals surface area contributed by atoms with Gasteiger partial charge in [-0.05, 0) is 20.3 Å². The van der Waals surface area contributed by atoms with Crippen molar-refractivity contribution in [3.63, 3.8) is 0 Å². The number of hydrogen-bond acceptors (Lipinski definition) is 2. The predicted octanol–water partition coefficient (Wildman–Crippen LogP) is 1.13. The SMILES string of the molecule is CC#CCCC(C)(O)CC=O. The molecule has 0 saturated heterocycles. The molecule has 0 saturated carbocycles. The van der Waals surface area contributed by atoms with E-state index in [2.05, 4.69) is 11.8 Å². The van der Waals surface area contributed by atoms with E-state index in [0.29, 0.717) is 12.8 Å². The van der Waals surface area contributed by atoms with Gasteiger partial charge in [0.25, 0.3) is 0 Å². The molecule has 62 valence electrons. The second-order valence-corrected chi connectivity index (χ2v) is 2.79. The van der Waals surface area contributed by atoms with E-state index in [4.69, 9.17) is 0 Å². The average molecular weight is 154 g/mol. The number of aliphatic hydroxyl groups is 1. The van der Waals surface area contributed by atoms with Crippen molar-refractivity contribution < 1.29 is 9.90 Å². The Morgan fingerprint density at radius 2 is 2.27 bits per heavy atom. The van der Waals surface area contributed by atoms with Crippen LogP contribution >= 0.6 is 0 Å². The largest absolute Gasteiger partial charge is 0.390 e. The van der Waals surface area contributed by atoms with Crippen LogP contribution in [0.25, 0.3) is 0 Å². The highest BCUT2D eigenvalue weighted by molar-refractivity contribution is 5.51. The zero-order valence-corrected chi connectivity index (χ0v) is 7.05. The van der Waals surface area contributed by atoms with Crippen LogP contribution in [0.1, 0.15) is 33.1 Å². The molecule has 0 aromatic heterocycles. The maximum Gasteiger partial charge on any atom is 0.122 e. The van der Waals surface area contributed by atoms with Crippen molar-refractivity contribution in [2.45, 2.75) is 38.7 Å². The molecule has 2 heteroatoms. The number of aldehydes is 1. The molecule has 1 N–H and O–H groups in total. The van der Waals surface area contributed by atoms with Gasteiger partial charge >= 0.3 is 0 Å². The van der Waals surface area contributed by atoms with Crippen LogP contribution in [-0.4, -0.2) is 17.0 Å². The lowest BCUT2D eigenvalue weighted by atomic mass is 9.97. The molecule has 0 aromatic carbocycles. The smallest absolute Gasteiger partial charge is 0.122 e. The molecule has 0 aliphatic rings. The standard InChI is InChI=1S/C9H14O2/c1-3-4-5-6-9(2,11)7-8-10/h8,11H,5-7H2,1-2H3. The number of hydrogen-bond donors (Lipinski definition) is 1. The van der Waals surface area contributed by atoms with Crippen LogP contribution in [0.4, 0.5) is 0 Å². The first-order chi connectivity index (χ1) is 5.12. The van der Waals surface area contributed by atoms with Gasteiger partial charge in [-0.25, -0.2) is 0 Å². The van der Waals surface area contributed by atoms with Crippen molar-refractivity contribution in [3.8, 4) is 11.8 Å². The highest BCUT2D eigenvalue weighted by atomic mass is 16.3. The molecule has 0 aliphatic carbocycles. The summed E-state index contributed by atoms with van der Waals surface area (Å²) in [5.41, 5.74) is -0.869. The Balaban J connectivity index is 3.68. The Morgan fingerprint density at radius 3 is 2.73 bits per heavy atom. The van der Waals surface area contributed by atoms with Gasteiger partial charge in [0.2, 0.25) is 0 Å².